The third-order valence-corrected chi connectivity index (χ3v) is 1.18. The molecule has 0 aliphatic heterocycles. The molecule has 0 unspecified atom stereocenters. The molecule has 0 bridgehead atoms. The topological polar surface area (TPSA) is 17.1 Å². The van der Waals surface area contributed by atoms with Gasteiger partial charge in [0.15, 0.2) is 5.78 Å². The molecule has 0 N–H and O–H groups in total. The third-order valence-electron chi connectivity index (χ3n) is 1.18. The van der Waals surface area contributed by atoms with Crippen molar-refractivity contribution in [3.63, 3.8) is 0 Å². The Hall–Kier alpha value is -0.513. The zero-order valence-electron chi connectivity index (χ0n) is 6.29. The Balaban J connectivity index is 0.000000810. The zero-order valence-corrected chi connectivity index (χ0v) is 6.29. The molecule has 0 saturated carbocycles. The van der Waals surface area contributed by atoms with E-state index in [1.54, 1.807) is 6.92 Å². The van der Waals surface area contributed by atoms with Gasteiger partial charge in [0, 0.05) is 24.4 Å². The Morgan fingerprint density at radius 2 is 1.70 bits per heavy atom. The molecule has 1 aromatic carbocycles. The monoisotopic (exact) mass is 127 g/mol. The number of Topliss-reactive ketones (excluding diaryl/α,β-unsaturated/α-hetero) is 1. The molecule has 0 heterocycles. The van der Waals surface area contributed by atoms with Crippen LogP contribution in [0.4, 0.5) is 0 Å². The van der Waals surface area contributed by atoms with E-state index in [9.17, 15) is 4.79 Å². The van der Waals surface area contributed by atoms with Crippen molar-refractivity contribution in [1.29, 1.82) is 0 Å². The van der Waals surface area contributed by atoms with Gasteiger partial charge in [0.05, 0.1) is 0 Å². The summed E-state index contributed by atoms with van der Waals surface area (Å²) in [5.41, 5.74) is 0.775. The Morgan fingerprint density at radius 1 is 1.20 bits per heavy atom. The molecular weight excluding hydrogens is 119 g/mol. The van der Waals surface area contributed by atoms with Crippen LogP contribution in [0.15, 0.2) is 30.3 Å². The maximum Gasteiger partial charge on any atom is 0.159 e. The second-order valence-corrected chi connectivity index (χ2v) is 1.92. The van der Waals surface area contributed by atoms with E-state index in [0.717, 1.165) is 5.56 Å². The zero-order chi connectivity index (χ0) is 6.69. The summed E-state index contributed by atoms with van der Waals surface area (Å²) < 4.78 is 0. The van der Waals surface area contributed by atoms with Gasteiger partial charge in [-0.1, -0.05) is 30.3 Å². The Bertz CT molecular complexity index is 206. The largest absolute Gasteiger partial charge is 0.295 e. The normalized spacial score (nSPS) is 8.10. The summed E-state index contributed by atoms with van der Waals surface area (Å²) in [6.07, 6.45) is 0. The number of benzene rings is 1. The Kier molecular flexibility index (Phi) is 4.10. The number of rotatable bonds is 1. The third kappa shape index (κ3) is 2.39. The van der Waals surface area contributed by atoms with Gasteiger partial charge in [-0.15, -0.1) is 0 Å². The predicted molar refractivity (Wildman–Crippen MR) is 42.2 cm³/mol. The molecule has 0 atom stereocenters. The van der Waals surface area contributed by atoms with Crippen LogP contribution in [-0.2, 0) is 0 Å². The molecule has 10 heavy (non-hydrogen) atoms. The molecule has 1 nitrogen and oxygen atoms in total. The standard InChI is InChI=1S/C8H8O.Li/c1-7(9)8-5-3-2-4-6-8;/h2-6H,1H3;. The average molecular weight is 127 g/mol. The number of ketones is 1. The van der Waals surface area contributed by atoms with Crippen molar-refractivity contribution in [3.05, 3.63) is 35.9 Å². The summed E-state index contributed by atoms with van der Waals surface area (Å²) in [5, 5.41) is 0. The van der Waals surface area contributed by atoms with E-state index in [1.165, 1.54) is 0 Å². The van der Waals surface area contributed by atoms with Crippen LogP contribution in [0.3, 0.4) is 0 Å². The number of carbonyl (C=O) groups excluding carboxylic acids is 1. The molecule has 1 rings (SSSR count). The molecule has 47 valence electrons. The Morgan fingerprint density at radius 3 is 2.00 bits per heavy atom. The van der Waals surface area contributed by atoms with Gasteiger partial charge >= 0.3 is 0 Å². The van der Waals surface area contributed by atoms with E-state index >= 15 is 0 Å². The fourth-order valence-corrected chi connectivity index (χ4v) is 0.673. The minimum absolute atomic E-state index is 0. The summed E-state index contributed by atoms with van der Waals surface area (Å²) in [6.45, 7) is 1.56. The molecule has 0 aliphatic carbocycles. The molecule has 0 aliphatic rings. The van der Waals surface area contributed by atoms with E-state index < -0.39 is 0 Å². The molecule has 0 fully saturated rings. The van der Waals surface area contributed by atoms with Crippen LogP contribution in [0.2, 0.25) is 0 Å². The number of carbonyl (C=O) groups is 1. The molecule has 0 aromatic heterocycles. The van der Waals surface area contributed by atoms with Crippen molar-refractivity contribution in [1.82, 2.24) is 0 Å². The van der Waals surface area contributed by atoms with Crippen LogP contribution in [0.5, 0.6) is 0 Å². The second kappa shape index (κ2) is 4.33. The van der Waals surface area contributed by atoms with Gasteiger partial charge in [-0.25, -0.2) is 0 Å². The molecule has 1 radical (unpaired) electrons. The summed E-state index contributed by atoms with van der Waals surface area (Å²) in [6, 6.07) is 9.23. The van der Waals surface area contributed by atoms with Crippen LogP contribution in [0.25, 0.3) is 0 Å². The number of hydrogen-bond donors (Lipinski definition) is 0. The minimum atomic E-state index is 0. The number of hydrogen-bond acceptors (Lipinski definition) is 1. The SMILES string of the molecule is CC(=O)c1ccccc1.[Li]. The first-order chi connectivity index (χ1) is 4.30. The first kappa shape index (κ1) is 9.49. The van der Waals surface area contributed by atoms with Crippen molar-refractivity contribution < 1.29 is 4.79 Å². The van der Waals surface area contributed by atoms with E-state index in [0.29, 0.717) is 0 Å². The maximum absolute atomic E-state index is 10.6. The summed E-state index contributed by atoms with van der Waals surface area (Å²) in [5.74, 6) is 0.121. The molecule has 0 spiro atoms. The van der Waals surface area contributed by atoms with Crippen molar-refractivity contribution in [2.24, 2.45) is 0 Å². The average Bonchev–Trinajstić information content (AvgIpc) is 1.90. The molecule has 0 amide bonds. The molecule has 1 aromatic rings. The van der Waals surface area contributed by atoms with Crippen molar-refractivity contribution in [3.8, 4) is 0 Å². The fourth-order valence-electron chi connectivity index (χ4n) is 0.673. The van der Waals surface area contributed by atoms with Gasteiger partial charge in [-0.05, 0) is 6.92 Å². The van der Waals surface area contributed by atoms with Crippen LogP contribution >= 0.6 is 0 Å². The van der Waals surface area contributed by atoms with E-state index in [4.69, 9.17) is 0 Å². The van der Waals surface area contributed by atoms with Gasteiger partial charge in [-0.2, -0.15) is 0 Å². The van der Waals surface area contributed by atoms with E-state index in [2.05, 4.69) is 0 Å². The van der Waals surface area contributed by atoms with Gasteiger partial charge in [-0.3, -0.25) is 4.79 Å². The van der Waals surface area contributed by atoms with Crippen LogP contribution in [0, 0.1) is 0 Å². The molecular formula is C8H8LiO. The second-order valence-electron chi connectivity index (χ2n) is 1.92. The van der Waals surface area contributed by atoms with E-state index in [-0.39, 0.29) is 24.6 Å². The fraction of sp³-hybridized carbons (Fsp3) is 0.125. The van der Waals surface area contributed by atoms with Crippen LogP contribution in [0.1, 0.15) is 17.3 Å². The van der Waals surface area contributed by atoms with Crippen molar-refractivity contribution >= 4 is 24.6 Å². The summed E-state index contributed by atoms with van der Waals surface area (Å²) in [4.78, 5) is 10.6. The first-order valence-corrected chi connectivity index (χ1v) is 2.86. The van der Waals surface area contributed by atoms with Gasteiger partial charge in [0.2, 0.25) is 0 Å². The van der Waals surface area contributed by atoms with Crippen LogP contribution in [-0.4, -0.2) is 24.6 Å². The quantitative estimate of drug-likeness (QED) is 0.412. The first-order valence-electron chi connectivity index (χ1n) is 2.86. The van der Waals surface area contributed by atoms with E-state index in [1.807, 2.05) is 30.3 Å². The van der Waals surface area contributed by atoms with Gasteiger partial charge in [0.25, 0.3) is 0 Å². The minimum Gasteiger partial charge on any atom is -0.295 e. The summed E-state index contributed by atoms with van der Waals surface area (Å²) in [7, 11) is 0. The summed E-state index contributed by atoms with van der Waals surface area (Å²) >= 11 is 0. The van der Waals surface area contributed by atoms with Gasteiger partial charge < -0.3 is 0 Å². The van der Waals surface area contributed by atoms with Crippen molar-refractivity contribution in [2.75, 3.05) is 0 Å². The molecule has 2 heteroatoms. The smallest absolute Gasteiger partial charge is 0.159 e. The molecule has 0 saturated heterocycles. The van der Waals surface area contributed by atoms with Crippen molar-refractivity contribution in [2.45, 2.75) is 6.92 Å². The maximum atomic E-state index is 10.6. The predicted octanol–water partition coefficient (Wildman–Crippen LogP) is 1.51. The van der Waals surface area contributed by atoms with Crippen LogP contribution < -0.4 is 0 Å². The van der Waals surface area contributed by atoms with Gasteiger partial charge in [0.1, 0.15) is 0 Å². The Labute approximate surface area is 72.6 Å².